The van der Waals surface area contributed by atoms with Crippen LogP contribution in [-0.2, 0) is 10.0 Å². The lowest BCUT2D eigenvalue weighted by Crippen LogP contribution is -2.14. The minimum atomic E-state index is -3.94. The van der Waals surface area contributed by atoms with Crippen LogP contribution in [0.25, 0.3) is 32.8 Å². The van der Waals surface area contributed by atoms with Crippen LogP contribution in [0.4, 0.5) is 11.4 Å². The van der Waals surface area contributed by atoms with Gasteiger partial charge in [0.2, 0.25) is 0 Å². The summed E-state index contributed by atoms with van der Waals surface area (Å²) in [6.45, 7) is 0. The summed E-state index contributed by atoms with van der Waals surface area (Å²) in [6.07, 6.45) is 1.84. The summed E-state index contributed by atoms with van der Waals surface area (Å²) in [5, 5.41) is 4.85. The molecule has 4 aromatic carbocycles. The lowest BCUT2D eigenvalue weighted by atomic mass is 10.00. The summed E-state index contributed by atoms with van der Waals surface area (Å²) in [5.41, 5.74) is 4.22. The Morgan fingerprint density at radius 3 is 2.47 bits per heavy atom. The quantitative estimate of drug-likeness (QED) is 0.352. The second-order valence-corrected chi connectivity index (χ2v) is 9.34. The van der Waals surface area contributed by atoms with Gasteiger partial charge in [0.1, 0.15) is 0 Å². The number of hydrogen-bond acceptors (Lipinski definition) is 3. The molecule has 0 saturated heterocycles. The molecule has 1 aromatic heterocycles. The predicted molar refractivity (Wildman–Crippen MR) is 126 cm³/mol. The van der Waals surface area contributed by atoms with E-state index in [-0.39, 0.29) is 10.8 Å². The third kappa shape index (κ3) is 2.72. The third-order valence-electron chi connectivity index (χ3n) is 5.82. The number of sulfonamides is 1. The van der Waals surface area contributed by atoms with Gasteiger partial charge in [-0.05, 0) is 42.0 Å². The van der Waals surface area contributed by atoms with E-state index < -0.39 is 10.0 Å². The van der Waals surface area contributed by atoms with Gasteiger partial charge >= 0.3 is 0 Å². The molecular formula is C25H17N3O3S. The molecule has 0 fully saturated rings. The van der Waals surface area contributed by atoms with Crippen LogP contribution < -0.4 is 10.0 Å². The average molecular weight is 439 g/mol. The molecular weight excluding hydrogens is 422 g/mol. The van der Waals surface area contributed by atoms with Gasteiger partial charge < -0.3 is 10.3 Å². The SMILES string of the molecule is O=C1Nc2ccc(S(=O)(=O)Nc3ccc4[nH]ccc4c3-c3ccccc3)c3cccc1c23. The smallest absolute Gasteiger partial charge is 0.262 e. The van der Waals surface area contributed by atoms with E-state index >= 15 is 0 Å². The number of amides is 1. The molecule has 0 unspecified atom stereocenters. The summed E-state index contributed by atoms with van der Waals surface area (Å²) >= 11 is 0. The minimum Gasteiger partial charge on any atom is -0.361 e. The predicted octanol–water partition coefficient (Wildman–Crippen LogP) is 5.35. The molecule has 1 aliphatic heterocycles. The molecule has 1 aliphatic rings. The molecule has 0 aliphatic carbocycles. The number of carbonyl (C=O) groups is 1. The van der Waals surface area contributed by atoms with Crippen molar-refractivity contribution in [2.24, 2.45) is 0 Å². The molecule has 32 heavy (non-hydrogen) atoms. The van der Waals surface area contributed by atoms with Gasteiger partial charge in [0.15, 0.2) is 0 Å². The molecule has 6 nitrogen and oxygen atoms in total. The summed E-state index contributed by atoms with van der Waals surface area (Å²) in [4.78, 5) is 15.5. The molecule has 0 atom stereocenters. The monoisotopic (exact) mass is 439 g/mol. The highest BCUT2D eigenvalue weighted by atomic mass is 32.2. The van der Waals surface area contributed by atoms with E-state index in [4.69, 9.17) is 0 Å². The molecule has 156 valence electrons. The van der Waals surface area contributed by atoms with Crippen molar-refractivity contribution in [1.82, 2.24) is 4.98 Å². The summed E-state index contributed by atoms with van der Waals surface area (Å²) in [7, 11) is -3.94. The maximum atomic E-state index is 13.6. The Labute approximate surface area is 183 Å². The van der Waals surface area contributed by atoms with E-state index in [0.29, 0.717) is 27.7 Å². The van der Waals surface area contributed by atoms with E-state index in [1.165, 1.54) is 6.07 Å². The number of benzene rings is 4. The van der Waals surface area contributed by atoms with Gasteiger partial charge in [0.25, 0.3) is 15.9 Å². The van der Waals surface area contributed by atoms with Crippen molar-refractivity contribution in [2.45, 2.75) is 4.90 Å². The van der Waals surface area contributed by atoms with Crippen LogP contribution in [0.5, 0.6) is 0 Å². The number of fused-ring (bicyclic) bond motifs is 1. The Kier molecular flexibility index (Phi) is 3.90. The lowest BCUT2D eigenvalue weighted by molar-refractivity contribution is 0.103. The summed E-state index contributed by atoms with van der Waals surface area (Å²) in [5.74, 6) is -0.225. The Morgan fingerprint density at radius 1 is 0.781 bits per heavy atom. The fraction of sp³-hybridized carbons (Fsp3) is 0. The summed E-state index contributed by atoms with van der Waals surface area (Å²) < 4.78 is 29.9. The second-order valence-electron chi connectivity index (χ2n) is 7.69. The van der Waals surface area contributed by atoms with E-state index in [1.807, 2.05) is 48.7 Å². The van der Waals surface area contributed by atoms with Crippen LogP contribution in [0.3, 0.4) is 0 Å². The second kappa shape index (κ2) is 6.70. The number of hydrogen-bond donors (Lipinski definition) is 3. The number of anilines is 2. The van der Waals surface area contributed by atoms with Gasteiger partial charge in [-0.2, -0.15) is 0 Å². The first kappa shape index (κ1) is 18.7. The molecule has 0 saturated carbocycles. The van der Waals surface area contributed by atoms with Gasteiger partial charge in [0.05, 0.1) is 10.6 Å². The molecule has 1 amide bonds. The van der Waals surface area contributed by atoms with Crippen LogP contribution in [-0.4, -0.2) is 19.3 Å². The highest BCUT2D eigenvalue weighted by Gasteiger charge is 2.27. The molecule has 0 bridgehead atoms. The first-order chi connectivity index (χ1) is 15.5. The van der Waals surface area contributed by atoms with Crippen molar-refractivity contribution < 1.29 is 13.2 Å². The Bertz CT molecular complexity index is 1650. The van der Waals surface area contributed by atoms with Crippen LogP contribution in [0.15, 0.2) is 90.0 Å². The molecule has 0 radical (unpaired) electrons. The number of H-pyrrole nitrogens is 1. The molecule has 3 N–H and O–H groups in total. The van der Waals surface area contributed by atoms with Crippen LogP contribution in [0.2, 0.25) is 0 Å². The van der Waals surface area contributed by atoms with Crippen molar-refractivity contribution in [2.75, 3.05) is 10.0 Å². The fourth-order valence-electron chi connectivity index (χ4n) is 4.43. The maximum absolute atomic E-state index is 13.6. The number of carbonyl (C=O) groups excluding carboxylic acids is 1. The van der Waals surface area contributed by atoms with E-state index in [0.717, 1.165) is 22.0 Å². The molecule has 5 aromatic rings. The number of aromatic nitrogens is 1. The van der Waals surface area contributed by atoms with Crippen LogP contribution in [0, 0.1) is 0 Å². The highest BCUT2D eigenvalue weighted by molar-refractivity contribution is 7.93. The van der Waals surface area contributed by atoms with Gasteiger partial charge in [-0.15, -0.1) is 0 Å². The molecule has 0 spiro atoms. The van der Waals surface area contributed by atoms with Crippen molar-refractivity contribution in [3.63, 3.8) is 0 Å². The number of nitrogens with one attached hydrogen (secondary N) is 3. The minimum absolute atomic E-state index is 0.128. The van der Waals surface area contributed by atoms with E-state index in [1.54, 1.807) is 30.3 Å². The lowest BCUT2D eigenvalue weighted by Gasteiger charge is -2.16. The molecule has 7 heteroatoms. The first-order valence-electron chi connectivity index (χ1n) is 10.1. The van der Waals surface area contributed by atoms with Crippen molar-refractivity contribution in [3.05, 3.63) is 90.6 Å². The zero-order valence-corrected chi connectivity index (χ0v) is 17.5. The standard InChI is InChI=1S/C25H17N3O3S/c29-25-18-8-4-7-17-22(12-11-20(27-25)24(17)18)32(30,31)28-21-10-9-19-16(13-14-26-19)23(21)15-5-2-1-3-6-15/h1-14,26,28H,(H,27,29). The summed E-state index contributed by atoms with van der Waals surface area (Å²) in [6, 6.07) is 23.5. The van der Waals surface area contributed by atoms with E-state index in [2.05, 4.69) is 15.0 Å². The van der Waals surface area contributed by atoms with Crippen LogP contribution in [0.1, 0.15) is 10.4 Å². The topological polar surface area (TPSA) is 91.1 Å². The van der Waals surface area contributed by atoms with E-state index in [9.17, 15) is 13.2 Å². The van der Waals surface area contributed by atoms with Gasteiger partial charge in [-0.25, -0.2) is 8.42 Å². The Hall–Kier alpha value is -4.10. The first-order valence-corrected chi connectivity index (χ1v) is 11.6. The Balaban J connectivity index is 1.54. The van der Waals surface area contributed by atoms with Gasteiger partial charge in [-0.3, -0.25) is 9.52 Å². The largest absolute Gasteiger partial charge is 0.361 e. The van der Waals surface area contributed by atoms with Gasteiger partial charge in [-0.1, -0.05) is 42.5 Å². The van der Waals surface area contributed by atoms with Crippen molar-refractivity contribution in [3.8, 4) is 11.1 Å². The zero-order valence-electron chi connectivity index (χ0n) is 16.7. The molecule has 6 rings (SSSR count). The van der Waals surface area contributed by atoms with Gasteiger partial charge in [0, 0.05) is 44.7 Å². The number of rotatable bonds is 4. The third-order valence-corrected chi connectivity index (χ3v) is 7.25. The normalized spacial score (nSPS) is 12.9. The average Bonchev–Trinajstić information content (AvgIpc) is 3.40. The maximum Gasteiger partial charge on any atom is 0.262 e. The zero-order chi connectivity index (χ0) is 21.9. The van der Waals surface area contributed by atoms with Crippen molar-refractivity contribution >= 4 is 49.0 Å². The van der Waals surface area contributed by atoms with Crippen molar-refractivity contribution in [1.29, 1.82) is 0 Å². The number of aromatic amines is 1. The van der Waals surface area contributed by atoms with Crippen LogP contribution >= 0.6 is 0 Å². The Morgan fingerprint density at radius 2 is 1.62 bits per heavy atom. The fourth-order valence-corrected chi connectivity index (χ4v) is 5.71. The molecule has 2 heterocycles. The highest BCUT2D eigenvalue weighted by Crippen LogP contribution is 2.39.